The van der Waals surface area contributed by atoms with E-state index in [9.17, 15) is 9.59 Å². The Morgan fingerprint density at radius 3 is 2.60 bits per heavy atom. The molecule has 7 heteroatoms. The number of carbonyl (C=O) groups is 2. The molecule has 0 aromatic carbocycles. The molecule has 1 aliphatic rings. The minimum absolute atomic E-state index is 0.00401. The van der Waals surface area contributed by atoms with Gasteiger partial charge >= 0.3 is 0 Å². The van der Waals surface area contributed by atoms with Gasteiger partial charge in [0, 0.05) is 51.3 Å². The maximum Gasteiger partial charge on any atom is 0.255 e. The molecule has 3 rings (SSSR count). The lowest BCUT2D eigenvalue weighted by Gasteiger charge is -2.31. The van der Waals surface area contributed by atoms with Crippen LogP contribution in [0.5, 0.6) is 5.88 Å². The second-order valence-electron chi connectivity index (χ2n) is 5.92. The van der Waals surface area contributed by atoms with Crippen LogP contribution in [0.15, 0.2) is 42.9 Å². The molecule has 2 aromatic heterocycles. The van der Waals surface area contributed by atoms with Crippen molar-refractivity contribution < 1.29 is 14.3 Å². The van der Waals surface area contributed by atoms with Crippen LogP contribution in [0.2, 0.25) is 0 Å². The summed E-state index contributed by atoms with van der Waals surface area (Å²) in [4.78, 5) is 33.4. The van der Waals surface area contributed by atoms with Gasteiger partial charge in [0.15, 0.2) is 0 Å². The van der Waals surface area contributed by atoms with Gasteiger partial charge in [0.1, 0.15) is 6.10 Å². The van der Waals surface area contributed by atoms with E-state index in [-0.39, 0.29) is 17.9 Å². The van der Waals surface area contributed by atoms with Crippen molar-refractivity contribution in [3.8, 4) is 5.88 Å². The molecule has 0 spiro atoms. The van der Waals surface area contributed by atoms with E-state index in [0.717, 1.165) is 12.8 Å². The van der Waals surface area contributed by atoms with Gasteiger partial charge in [-0.15, -0.1) is 0 Å². The number of piperidine rings is 1. The van der Waals surface area contributed by atoms with E-state index in [1.807, 2.05) is 4.90 Å². The van der Waals surface area contributed by atoms with Crippen molar-refractivity contribution in [1.82, 2.24) is 14.9 Å². The Labute approximate surface area is 146 Å². The third-order valence-electron chi connectivity index (χ3n) is 3.98. The largest absolute Gasteiger partial charge is 0.474 e. The second-order valence-corrected chi connectivity index (χ2v) is 5.92. The Balaban J connectivity index is 1.51. The number of amides is 2. The van der Waals surface area contributed by atoms with Crippen molar-refractivity contribution in [2.75, 3.05) is 18.4 Å². The number of pyridine rings is 2. The molecule has 2 aromatic rings. The predicted octanol–water partition coefficient (Wildman–Crippen LogP) is 2.12. The third kappa shape index (κ3) is 4.53. The van der Waals surface area contributed by atoms with Gasteiger partial charge in [-0.2, -0.15) is 0 Å². The zero-order chi connectivity index (χ0) is 17.6. The highest BCUT2D eigenvalue weighted by molar-refractivity contribution is 5.93. The third-order valence-corrected chi connectivity index (χ3v) is 3.98. The lowest BCUT2D eigenvalue weighted by Crippen LogP contribution is -2.41. The van der Waals surface area contributed by atoms with Gasteiger partial charge in [-0.05, 0) is 18.2 Å². The summed E-state index contributed by atoms with van der Waals surface area (Å²) in [5.74, 6) is 0.386. The van der Waals surface area contributed by atoms with Gasteiger partial charge in [0.25, 0.3) is 5.91 Å². The van der Waals surface area contributed by atoms with Crippen molar-refractivity contribution in [3.63, 3.8) is 0 Å². The zero-order valence-corrected chi connectivity index (χ0v) is 14.0. The smallest absolute Gasteiger partial charge is 0.255 e. The maximum atomic E-state index is 12.4. The molecule has 1 aliphatic heterocycles. The number of rotatable bonds is 4. The number of likely N-dealkylation sites (tertiary alicyclic amines) is 1. The van der Waals surface area contributed by atoms with Gasteiger partial charge in [-0.3, -0.25) is 14.6 Å². The molecule has 1 saturated heterocycles. The number of aromatic nitrogens is 2. The molecule has 1 fully saturated rings. The fourth-order valence-corrected chi connectivity index (χ4v) is 2.75. The summed E-state index contributed by atoms with van der Waals surface area (Å²) in [7, 11) is 0. The monoisotopic (exact) mass is 340 g/mol. The van der Waals surface area contributed by atoms with Crippen LogP contribution in [0.1, 0.15) is 30.1 Å². The highest BCUT2D eigenvalue weighted by Crippen LogP contribution is 2.19. The summed E-state index contributed by atoms with van der Waals surface area (Å²) < 4.78 is 5.87. The average molecular weight is 340 g/mol. The highest BCUT2D eigenvalue weighted by atomic mass is 16.5. The van der Waals surface area contributed by atoms with Gasteiger partial charge < -0.3 is 15.0 Å². The van der Waals surface area contributed by atoms with Crippen LogP contribution in [-0.2, 0) is 4.79 Å². The molecule has 0 atom stereocenters. The van der Waals surface area contributed by atoms with Gasteiger partial charge in [0.05, 0.1) is 17.4 Å². The van der Waals surface area contributed by atoms with Crippen molar-refractivity contribution in [2.45, 2.75) is 25.9 Å². The number of ether oxygens (including phenoxy) is 1. The molecule has 0 unspecified atom stereocenters. The first-order chi connectivity index (χ1) is 12.1. The van der Waals surface area contributed by atoms with Crippen molar-refractivity contribution in [1.29, 1.82) is 0 Å². The normalized spacial score (nSPS) is 14.8. The Bertz CT molecular complexity index is 726. The molecule has 0 radical (unpaired) electrons. The molecule has 1 N–H and O–H groups in total. The standard InChI is InChI=1S/C18H20N4O3/c1-13(23)21-15-4-5-17(20-12-15)25-16-6-9-22(10-7-16)18(24)14-3-2-8-19-11-14/h2-5,8,11-12,16H,6-7,9-10H2,1H3,(H,21,23). The number of nitrogens with one attached hydrogen (secondary N) is 1. The second kappa shape index (κ2) is 7.74. The van der Waals surface area contributed by atoms with Crippen LogP contribution in [-0.4, -0.2) is 45.9 Å². The van der Waals surface area contributed by atoms with E-state index in [2.05, 4.69) is 15.3 Å². The molecule has 130 valence electrons. The van der Waals surface area contributed by atoms with E-state index >= 15 is 0 Å². The van der Waals surface area contributed by atoms with Crippen molar-refractivity contribution in [2.24, 2.45) is 0 Å². The number of carbonyl (C=O) groups excluding carboxylic acids is 2. The number of anilines is 1. The molecular weight excluding hydrogens is 320 g/mol. The Kier molecular flexibility index (Phi) is 5.23. The summed E-state index contributed by atoms with van der Waals surface area (Å²) in [5.41, 5.74) is 1.24. The Hall–Kier alpha value is -2.96. The Morgan fingerprint density at radius 1 is 1.20 bits per heavy atom. The van der Waals surface area contributed by atoms with Crippen LogP contribution in [0.25, 0.3) is 0 Å². The summed E-state index contributed by atoms with van der Waals surface area (Å²) in [6.07, 6.45) is 6.34. The number of hydrogen-bond donors (Lipinski definition) is 1. The topological polar surface area (TPSA) is 84.4 Å². The van der Waals surface area contributed by atoms with Crippen LogP contribution in [0, 0.1) is 0 Å². The molecule has 0 bridgehead atoms. The summed E-state index contributed by atoms with van der Waals surface area (Å²) in [6.45, 7) is 2.73. The van der Waals surface area contributed by atoms with Gasteiger partial charge in [-0.1, -0.05) is 0 Å². The molecule has 0 aliphatic carbocycles. The van der Waals surface area contributed by atoms with E-state index in [4.69, 9.17) is 4.74 Å². The zero-order valence-electron chi connectivity index (χ0n) is 14.0. The van der Waals surface area contributed by atoms with Crippen LogP contribution >= 0.6 is 0 Å². The number of hydrogen-bond acceptors (Lipinski definition) is 5. The van der Waals surface area contributed by atoms with Crippen molar-refractivity contribution in [3.05, 3.63) is 48.4 Å². The molecule has 2 amide bonds. The summed E-state index contributed by atoms with van der Waals surface area (Å²) >= 11 is 0. The summed E-state index contributed by atoms with van der Waals surface area (Å²) in [5, 5.41) is 2.66. The molecule has 7 nitrogen and oxygen atoms in total. The van der Waals surface area contributed by atoms with E-state index in [0.29, 0.717) is 30.2 Å². The first-order valence-corrected chi connectivity index (χ1v) is 8.21. The van der Waals surface area contributed by atoms with Crippen LogP contribution in [0.4, 0.5) is 5.69 Å². The SMILES string of the molecule is CC(=O)Nc1ccc(OC2CCN(C(=O)c3cccnc3)CC2)nc1. The minimum atomic E-state index is -0.138. The first-order valence-electron chi connectivity index (χ1n) is 8.21. The highest BCUT2D eigenvalue weighted by Gasteiger charge is 2.25. The van der Waals surface area contributed by atoms with Crippen LogP contribution < -0.4 is 10.1 Å². The van der Waals surface area contributed by atoms with Crippen LogP contribution in [0.3, 0.4) is 0 Å². The summed E-state index contributed by atoms with van der Waals surface area (Å²) in [6, 6.07) is 7.03. The molecule has 0 saturated carbocycles. The molecule has 25 heavy (non-hydrogen) atoms. The number of nitrogens with zero attached hydrogens (tertiary/aromatic N) is 3. The lowest BCUT2D eigenvalue weighted by atomic mass is 10.1. The van der Waals surface area contributed by atoms with E-state index in [1.165, 1.54) is 6.92 Å². The van der Waals surface area contributed by atoms with Gasteiger partial charge in [0.2, 0.25) is 11.8 Å². The van der Waals surface area contributed by atoms with Gasteiger partial charge in [-0.25, -0.2) is 4.98 Å². The Morgan fingerprint density at radius 2 is 2.00 bits per heavy atom. The minimum Gasteiger partial charge on any atom is -0.474 e. The van der Waals surface area contributed by atoms with E-state index in [1.54, 1.807) is 42.9 Å². The molecule has 3 heterocycles. The quantitative estimate of drug-likeness (QED) is 0.921. The fraction of sp³-hybridized carbons (Fsp3) is 0.333. The average Bonchev–Trinajstić information content (AvgIpc) is 2.64. The predicted molar refractivity (Wildman–Crippen MR) is 92.3 cm³/mol. The lowest BCUT2D eigenvalue weighted by molar-refractivity contribution is -0.114. The first kappa shape index (κ1) is 16.9. The fourth-order valence-electron chi connectivity index (χ4n) is 2.75. The maximum absolute atomic E-state index is 12.4. The van der Waals surface area contributed by atoms with Crippen molar-refractivity contribution >= 4 is 17.5 Å². The molecular formula is C18H20N4O3. The van der Waals surface area contributed by atoms with E-state index < -0.39 is 0 Å².